The molecule has 1 aromatic carbocycles. The number of ether oxygens (including phenoxy) is 1. The molecule has 1 aromatic heterocycles. The Morgan fingerprint density at radius 1 is 1.44 bits per heavy atom. The van der Waals surface area contributed by atoms with Crippen LogP contribution in [0.3, 0.4) is 0 Å². The number of hydrogen-bond donors (Lipinski definition) is 1. The standard InChI is InChI=1S/C11H12N4O3/c1-14-6-5-11(13-14)12-9-4-3-8(18-2)7-10(9)15(16)17/h3-7H,1-2H3,(H,12,13). The van der Waals surface area contributed by atoms with Gasteiger partial charge in [0.2, 0.25) is 0 Å². The summed E-state index contributed by atoms with van der Waals surface area (Å²) in [5, 5.41) is 18.0. The minimum atomic E-state index is -0.464. The summed E-state index contributed by atoms with van der Waals surface area (Å²) in [7, 11) is 3.23. The van der Waals surface area contributed by atoms with Crippen LogP contribution in [0.1, 0.15) is 0 Å². The highest BCUT2D eigenvalue weighted by molar-refractivity contribution is 5.69. The van der Waals surface area contributed by atoms with Crippen LogP contribution in [0.25, 0.3) is 0 Å². The summed E-state index contributed by atoms with van der Waals surface area (Å²) in [6.07, 6.45) is 1.75. The highest BCUT2D eigenvalue weighted by Crippen LogP contribution is 2.30. The molecule has 0 saturated carbocycles. The first kappa shape index (κ1) is 11.9. The summed E-state index contributed by atoms with van der Waals surface area (Å²) in [6, 6.07) is 6.34. The summed E-state index contributed by atoms with van der Waals surface area (Å²) in [5.41, 5.74) is 0.319. The smallest absolute Gasteiger partial charge is 0.296 e. The van der Waals surface area contributed by atoms with Gasteiger partial charge in [-0.3, -0.25) is 14.8 Å². The van der Waals surface area contributed by atoms with E-state index < -0.39 is 4.92 Å². The third-order valence-electron chi connectivity index (χ3n) is 2.38. The zero-order chi connectivity index (χ0) is 13.1. The molecule has 0 aliphatic carbocycles. The monoisotopic (exact) mass is 248 g/mol. The van der Waals surface area contributed by atoms with Crippen LogP contribution < -0.4 is 10.1 Å². The maximum atomic E-state index is 11.0. The number of nitro groups is 1. The van der Waals surface area contributed by atoms with Gasteiger partial charge in [-0.1, -0.05) is 0 Å². The summed E-state index contributed by atoms with van der Waals surface area (Å²) < 4.78 is 6.57. The molecule has 0 aliphatic rings. The molecule has 18 heavy (non-hydrogen) atoms. The van der Waals surface area contributed by atoms with Crippen LogP contribution in [-0.2, 0) is 7.05 Å². The lowest BCUT2D eigenvalue weighted by Gasteiger charge is -2.06. The van der Waals surface area contributed by atoms with Crippen molar-refractivity contribution in [2.45, 2.75) is 0 Å². The Labute approximate surface area is 103 Å². The van der Waals surface area contributed by atoms with Crippen LogP contribution in [0.2, 0.25) is 0 Å². The number of aryl methyl sites for hydroxylation is 1. The zero-order valence-corrected chi connectivity index (χ0v) is 9.95. The van der Waals surface area contributed by atoms with E-state index in [1.165, 1.54) is 13.2 Å². The number of rotatable bonds is 4. The highest BCUT2D eigenvalue weighted by atomic mass is 16.6. The predicted octanol–water partition coefficient (Wildman–Crippen LogP) is 2.08. The maximum Gasteiger partial charge on any atom is 0.296 e. The van der Waals surface area contributed by atoms with E-state index in [2.05, 4.69) is 10.4 Å². The summed E-state index contributed by atoms with van der Waals surface area (Å²) in [5.74, 6) is 0.985. The van der Waals surface area contributed by atoms with Crippen molar-refractivity contribution in [3.63, 3.8) is 0 Å². The minimum Gasteiger partial charge on any atom is -0.496 e. The fourth-order valence-corrected chi connectivity index (χ4v) is 1.51. The molecule has 94 valence electrons. The Hall–Kier alpha value is -2.57. The molecule has 0 saturated heterocycles. The van der Waals surface area contributed by atoms with Crippen LogP contribution in [0.4, 0.5) is 17.2 Å². The van der Waals surface area contributed by atoms with Gasteiger partial charge in [-0.2, -0.15) is 5.10 Å². The second-order valence-electron chi connectivity index (χ2n) is 3.64. The Morgan fingerprint density at radius 2 is 2.22 bits per heavy atom. The van der Waals surface area contributed by atoms with E-state index in [1.807, 2.05) is 0 Å². The fraction of sp³-hybridized carbons (Fsp3) is 0.182. The van der Waals surface area contributed by atoms with Gasteiger partial charge < -0.3 is 10.1 Å². The summed E-state index contributed by atoms with van der Waals surface area (Å²) >= 11 is 0. The number of anilines is 2. The van der Waals surface area contributed by atoms with Crippen molar-refractivity contribution in [1.82, 2.24) is 9.78 Å². The van der Waals surface area contributed by atoms with Crippen LogP contribution in [0.15, 0.2) is 30.5 Å². The third-order valence-corrected chi connectivity index (χ3v) is 2.38. The van der Waals surface area contributed by atoms with Gasteiger partial charge in [0, 0.05) is 19.3 Å². The molecule has 0 radical (unpaired) electrons. The molecule has 0 spiro atoms. The van der Waals surface area contributed by atoms with Gasteiger partial charge in [-0.25, -0.2) is 0 Å². The molecular weight excluding hydrogens is 236 g/mol. The van der Waals surface area contributed by atoms with Crippen molar-refractivity contribution in [3.05, 3.63) is 40.6 Å². The molecule has 2 aromatic rings. The first-order valence-electron chi connectivity index (χ1n) is 5.19. The topological polar surface area (TPSA) is 82.2 Å². The molecule has 0 amide bonds. The van der Waals surface area contributed by atoms with E-state index >= 15 is 0 Å². The van der Waals surface area contributed by atoms with E-state index in [0.717, 1.165) is 0 Å². The predicted molar refractivity (Wildman–Crippen MR) is 66.1 cm³/mol. The second kappa shape index (κ2) is 4.74. The van der Waals surface area contributed by atoms with Gasteiger partial charge in [-0.05, 0) is 12.1 Å². The molecule has 1 N–H and O–H groups in total. The SMILES string of the molecule is COc1ccc(Nc2ccn(C)n2)c([N+](=O)[O-])c1. The van der Waals surface area contributed by atoms with Crippen molar-refractivity contribution in [2.24, 2.45) is 7.05 Å². The Bertz CT molecular complexity index is 579. The van der Waals surface area contributed by atoms with E-state index in [0.29, 0.717) is 17.3 Å². The van der Waals surface area contributed by atoms with Crippen molar-refractivity contribution in [2.75, 3.05) is 12.4 Å². The number of methoxy groups -OCH3 is 1. The number of nitro benzene ring substituents is 1. The summed E-state index contributed by atoms with van der Waals surface area (Å²) in [4.78, 5) is 10.5. The average Bonchev–Trinajstić information content (AvgIpc) is 2.75. The molecule has 0 atom stereocenters. The lowest BCUT2D eigenvalue weighted by Crippen LogP contribution is -1.99. The maximum absolute atomic E-state index is 11.0. The van der Waals surface area contributed by atoms with Gasteiger partial charge in [0.1, 0.15) is 11.4 Å². The van der Waals surface area contributed by atoms with Crippen molar-refractivity contribution in [3.8, 4) is 5.75 Å². The van der Waals surface area contributed by atoms with Crippen LogP contribution >= 0.6 is 0 Å². The van der Waals surface area contributed by atoms with Gasteiger partial charge in [0.25, 0.3) is 5.69 Å². The average molecular weight is 248 g/mol. The van der Waals surface area contributed by atoms with E-state index in [4.69, 9.17) is 4.74 Å². The Kier molecular flexibility index (Phi) is 3.13. The zero-order valence-electron chi connectivity index (χ0n) is 9.95. The van der Waals surface area contributed by atoms with E-state index in [1.54, 1.807) is 36.1 Å². The molecule has 7 nitrogen and oxygen atoms in total. The number of hydrogen-bond acceptors (Lipinski definition) is 5. The molecule has 0 fully saturated rings. The first-order chi connectivity index (χ1) is 8.60. The van der Waals surface area contributed by atoms with Gasteiger partial charge in [0.05, 0.1) is 18.1 Å². The largest absolute Gasteiger partial charge is 0.496 e. The minimum absolute atomic E-state index is 0.0556. The fourth-order valence-electron chi connectivity index (χ4n) is 1.51. The van der Waals surface area contributed by atoms with Crippen LogP contribution in [-0.4, -0.2) is 21.8 Å². The lowest BCUT2D eigenvalue weighted by atomic mass is 10.2. The summed E-state index contributed by atoms with van der Waals surface area (Å²) in [6.45, 7) is 0. The van der Waals surface area contributed by atoms with Crippen LogP contribution in [0.5, 0.6) is 5.75 Å². The van der Waals surface area contributed by atoms with E-state index in [-0.39, 0.29) is 5.69 Å². The highest BCUT2D eigenvalue weighted by Gasteiger charge is 2.15. The number of benzene rings is 1. The van der Waals surface area contributed by atoms with Crippen molar-refractivity contribution >= 4 is 17.2 Å². The second-order valence-corrected chi connectivity index (χ2v) is 3.64. The Morgan fingerprint density at radius 3 is 2.78 bits per heavy atom. The lowest BCUT2D eigenvalue weighted by molar-refractivity contribution is -0.384. The molecule has 0 aliphatic heterocycles. The van der Waals surface area contributed by atoms with Crippen molar-refractivity contribution in [1.29, 1.82) is 0 Å². The van der Waals surface area contributed by atoms with E-state index in [9.17, 15) is 10.1 Å². The number of nitrogens with zero attached hydrogens (tertiary/aromatic N) is 3. The number of nitrogens with one attached hydrogen (secondary N) is 1. The third kappa shape index (κ3) is 2.40. The van der Waals surface area contributed by atoms with Gasteiger partial charge in [0.15, 0.2) is 5.82 Å². The quantitative estimate of drug-likeness (QED) is 0.661. The van der Waals surface area contributed by atoms with Crippen molar-refractivity contribution < 1.29 is 9.66 Å². The Balaban J connectivity index is 2.34. The van der Waals surface area contributed by atoms with Gasteiger partial charge in [-0.15, -0.1) is 0 Å². The van der Waals surface area contributed by atoms with Gasteiger partial charge >= 0.3 is 0 Å². The molecule has 0 unspecified atom stereocenters. The molecular formula is C11H12N4O3. The number of aromatic nitrogens is 2. The molecule has 1 heterocycles. The van der Waals surface area contributed by atoms with Crippen LogP contribution in [0, 0.1) is 10.1 Å². The molecule has 7 heteroatoms. The normalized spacial score (nSPS) is 10.1. The first-order valence-corrected chi connectivity index (χ1v) is 5.19. The molecule has 2 rings (SSSR count). The molecule has 0 bridgehead atoms.